The van der Waals surface area contributed by atoms with Crippen LogP contribution in [0, 0.1) is 13.8 Å². The number of anilines is 1. The smallest absolute Gasteiger partial charge is 0.276 e. The number of hydrogen-bond acceptors (Lipinski definition) is 4. The van der Waals surface area contributed by atoms with E-state index in [-0.39, 0.29) is 18.1 Å². The van der Waals surface area contributed by atoms with Crippen LogP contribution in [0.2, 0.25) is 0 Å². The van der Waals surface area contributed by atoms with Crippen molar-refractivity contribution in [1.82, 2.24) is 10.9 Å². The first-order valence-corrected chi connectivity index (χ1v) is 13.1. The van der Waals surface area contributed by atoms with Crippen LogP contribution < -0.4 is 20.9 Å². The lowest BCUT2D eigenvalue weighted by molar-refractivity contribution is -0.123. The van der Waals surface area contributed by atoms with Crippen molar-refractivity contribution in [3.05, 3.63) is 59.2 Å². The van der Waals surface area contributed by atoms with Gasteiger partial charge in [0.15, 0.2) is 6.61 Å². The molecule has 0 atom stereocenters. The van der Waals surface area contributed by atoms with Crippen molar-refractivity contribution >= 4 is 23.4 Å². The highest BCUT2D eigenvalue weighted by Gasteiger charge is 2.14. The average Bonchev–Trinajstić information content (AvgIpc) is 2.86. The molecule has 3 amide bonds. The maximum Gasteiger partial charge on any atom is 0.276 e. The Kier molecular flexibility index (Phi) is 13.1. The Bertz CT molecular complexity index is 970. The van der Waals surface area contributed by atoms with Crippen LogP contribution >= 0.6 is 0 Å². The minimum atomic E-state index is -0.519. The van der Waals surface area contributed by atoms with Crippen molar-refractivity contribution in [3.8, 4) is 5.75 Å². The second-order valence-electron chi connectivity index (χ2n) is 9.18. The second kappa shape index (κ2) is 16.3. The molecule has 2 rings (SSSR count). The molecule has 0 aromatic heterocycles. The van der Waals surface area contributed by atoms with Crippen LogP contribution in [0.5, 0.6) is 5.75 Å². The fraction of sp³-hybridized carbons (Fsp3) is 0.483. The van der Waals surface area contributed by atoms with E-state index in [2.05, 4.69) is 23.1 Å². The first-order valence-electron chi connectivity index (χ1n) is 13.1. The van der Waals surface area contributed by atoms with Gasteiger partial charge in [0.05, 0.1) is 11.3 Å². The number of unbranched alkanes of at least 4 members (excludes halogenated alkanes) is 8. The summed E-state index contributed by atoms with van der Waals surface area (Å²) in [6, 6.07) is 12.5. The highest BCUT2D eigenvalue weighted by molar-refractivity contribution is 6.04. The van der Waals surface area contributed by atoms with Crippen LogP contribution in [0.4, 0.5) is 5.69 Å². The molecule has 0 saturated carbocycles. The van der Waals surface area contributed by atoms with E-state index in [0.29, 0.717) is 17.9 Å². The van der Waals surface area contributed by atoms with Crippen molar-refractivity contribution < 1.29 is 19.1 Å². The zero-order valence-electron chi connectivity index (χ0n) is 22.0. The number of benzene rings is 2. The van der Waals surface area contributed by atoms with Gasteiger partial charge in [-0.2, -0.15) is 0 Å². The molecule has 0 heterocycles. The average molecular weight is 496 g/mol. The van der Waals surface area contributed by atoms with Gasteiger partial charge >= 0.3 is 0 Å². The summed E-state index contributed by atoms with van der Waals surface area (Å²) >= 11 is 0. The Morgan fingerprint density at radius 1 is 0.722 bits per heavy atom. The van der Waals surface area contributed by atoms with Crippen molar-refractivity contribution in [1.29, 1.82) is 0 Å². The Morgan fingerprint density at radius 3 is 2.00 bits per heavy atom. The number of hydrogen-bond donors (Lipinski definition) is 3. The normalized spacial score (nSPS) is 10.5. The van der Waals surface area contributed by atoms with Crippen LogP contribution in [0.3, 0.4) is 0 Å². The summed E-state index contributed by atoms with van der Waals surface area (Å²) < 4.78 is 5.61. The predicted molar refractivity (Wildman–Crippen MR) is 144 cm³/mol. The fourth-order valence-electron chi connectivity index (χ4n) is 3.99. The van der Waals surface area contributed by atoms with Crippen LogP contribution in [0.25, 0.3) is 0 Å². The SMILES string of the molecule is CCCCCCCCCCCC(=O)Nc1ccccc1C(=O)NNC(=O)COc1c(C)cccc1C. The third kappa shape index (κ3) is 10.5. The number of hydrazine groups is 1. The third-order valence-electron chi connectivity index (χ3n) is 6.02. The van der Waals surface area contributed by atoms with Crippen LogP contribution in [0.15, 0.2) is 42.5 Å². The van der Waals surface area contributed by atoms with E-state index in [4.69, 9.17) is 4.74 Å². The van der Waals surface area contributed by atoms with Gasteiger partial charge in [-0.1, -0.05) is 88.6 Å². The second-order valence-corrected chi connectivity index (χ2v) is 9.18. The molecule has 0 radical (unpaired) electrons. The van der Waals surface area contributed by atoms with Gasteiger partial charge in [-0.05, 0) is 43.5 Å². The predicted octanol–water partition coefficient (Wildman–Crippen LogP) is 6.00. The van der Waals surface area contributed by atoms with Gasteiger partial charge in [-0.15, -0.1) is 0 Å². The summed E-state index contributed by atoms with van der Waals surface area (Å²) in [5.74, 6) is -0.476. The van der Waals surface area contributed by atoms with E-state index in [1.54, 1.807) is 24.3 Å². The molecule has 0 spiro atoms. The summed E-state index contributed by atoms with van der Waals surface area (Å²) in [6.07, 6.45) is 11.1. The maximum atomic E-state index is 12.6. The number of amides is 3. The number of para-hydroxylation sites is 2. The first-order chi connectivity index (χ1) is 17.4. The van der Waals surface area contributed by atoms with Gasteiger partial charge in [-0.25, -0.2) is 0 Å². The van der Waals surface area contributed by atoms with E-state index < -0.39 is 11.8 Å². The summed E-state index contributed by atoms with van der Waals surface area (Å²) in [5, 5.41) is 2.83. The standard InChI is InChI=1S/C29H41N3O4/c1-4-5-6-7-8-9-10-11-12-20-26(33)30-25-19-14-13-18-24(25)29(35)32-31-27(34)21-36-28-22(2)16-15-17-23(28)3/h13-19H,4-12,20-21H2,1-3H3,(H,30,33)(H,31,34)(H,32,35). The fourth-order valence-corrected chi connectivity index (χ4v) is 3.99. The molecule has 0 bridgehead atoms. The molecule has 2 aromatic carbocycles. The van der Waals surface area contributed by atoms with E-state index in [1.807, 2.05) is 32.0 Å². The number of carbonyl (C=O) groups excluding carboxylic acids is 3. The Balaban J connectivity index is 1.73. The quantitative estimate of drug-likeness (QED) is 0.208. The molecular weight excluding hydrogens is 454 g/mol. The highest BCUT2D eigenvalue weighted by Crippen LogP contribution is 2.22. The Morgan fingerprint density at radius 2 is 1.33 bits per heavy atom. The van der Waals surface area contributed by atoms with Crippen LogP contribution in [-0.2, 0) is 9.59 Å². The van der Waals surface area contributed by atoms with Gasteiger partial charge in [0.2, 0.25) is 5.91 Å². The van der Waals surface area contributed by atoms with E-state index in [0.717, 1.165) is 30.4 Å². The molecule has 0 aliphatic heterocycles. The van der Waals surface area contributed by atoms with Crippen LogP contribution in [-0.4, -0.2) is 24.3 Å². The molecule has 0 aliphatic rings. The van der Waals surface area contributed by atoms with Gasteiger partial charge in [0.25, 0.3) is 11.8 Å². The molecule has 0 saturated heterocycles. The zero-order valence-corrected chi connectivity index (χ0v) is 22.0. The molecule has 36 heavy (non-hydrogen) atoms. The molecule has 0 unspecified atom stereocenters. The van der Waals surface area contributed by atoms with Crippen molar-refractivity contribution in [2.24, 2.45) is 0 Å². The van der Waals surface area contributed by atoms with E-state index >= 15 is 0 Å². The lowest BCUT2D eigenvalue weighted by Gasteiger charge is -2.14. The van der Waals surface area contributed by atoms with Crippen LogP contribution in [0.1, 0.15) is 92.6 Å². The minimum Gasteiger partial charge on any atom is -0.483 e. The number of ether oxygens (including phenoxy) is 1. The molecule has 196 valence electrons. The van der Waals surface area contributed by atoms with E-state index in [9.17, 15) is 14.4 Å². The number of nitrogens with one attached hydrogen (secondary N) is 3. The summed E-state index contributed by atoms with van der Waals surface area (Å²) in [7, 11) is 0. The molecule has 0 aliphatic carbocycles. The third-order valence-corrected chi connectivity index (χ3v) is 6.02. The zero-order chi connectivity index (χ0) is 26.2. The monoisotopic (exact) mass is 495 g/mol. The lowest BCUT2D eigenvalue weighted by atomic mass is 10.1. The van der Waals surface area contributed by atoms with Gasteiger partial charge in [-0.3, -0.25) is 25.2 Å². The minimum absolute atomic E-state index is 0.121. The molecule has 3 N–H and O–H groups in total. The maximum absolute atomic E-state index is 12.6. The molecular formula is C29H41N3O4. The highest BCUT2D eigenvalue weighted by atomic mass is 16.5. The van der Waals surface area contributed by atoms with Crippen molar-refractivity contribution in [2.45, 2.75) is 85.0 Å². The molecule has 2 aromatic rings. The number of rotatable bonds is 15. The largest absolute Gasteiger partial charge is 0.483 e. The molecule has 0 fully saturated rings. The summed E-state index contributed by atoms with van der Waals surface area (Å²) in [5.41, 5.74) is 7.30. The molecule has 7 nitrogen and oxygen atoms in total. The lowest BCUT2D eigenvalue weighted by Crippen LogP contribution is -2.44. The summed E-state index contributed by atoms with van der Waals surface area (Å²) in [4.78, 5) is 37.2. The van der Waals surface area contributed by atoms with Gasteiger partial charge in [0.1, 0.15) is 5.75 Å². The first kappa shape index (κ1) is 28.9. The van der Waals surface area contributed by atoms with Gasteiger partial charge < -0.3 is 10.1 Å². The number of carbonyl (C=O) groups is 3. The van der Waals surface area contributed by atoms with Crippen molar-refractivity contribution in [2.75, 3.05) is 11.9 Å². The summed E-state index contributed by atoms with van der Waals surface area (Å²) in [6.45, 7) is 5.80. The Hall–Kier alpha value is -3.35. The van der Waals surface area contributed by atoms with E-state index in [1.165, 1.54) is 38.5 Å². The topological polar surface area (TPSA) is 96.5 Å². The molecule has 7 heteroatoms. The van der Waals surface area contributed by atoms with Crippen molar-refractivity contribution in [3.63, 3.8) is 0 Å². The Labute approximate surface area is 215 Å². The van der Waals surface area contributed by atoms with Gasteiger partial charge in [0, 0.05) is 6.42 Å². The number of aryl methyl sites for hydroxylation is 2.